The normalized spacial score (nSPS) is 14.1. The number of nitrogens with zero attached hydrogens (tertiary/aromatic N) is 3. The SMILES string of the molecule is N#Cc1ccc(CNC(=O)N2CCN(c3ccc(F)cc3)CC2)cc1. The van der Waals surface area contributed by atoms with Gasteiger partial charge in [0.15, 0.2) is 0 Å². The van der Waals surface area contributed by atoms with E-state index in [1.165, 1.54) is 12.1 Å². The number of carbonyl (C=O) groups excluding carboxylic acids is 1. The molecule has 0 atom stereocenters. The molecule has 1 fully saturated rings. The molecule has 1 aliphatic rings. The zero-order valence-electron chi connectivity index (χ0n) is 13.8. The summed E-state index contributed by atoms with van der Waals surface area (Å²) in [4.78, 5) is 16.2. The van der Waals surface area contributed by atoms with Crippen molar-refractivity contribution >= 4 is 11.7 Å². The Bertz CT molecular complexity index is 760. The fraction of sp³-hybridized carbons (Fsp3) is 0.263. The van der Waals surface area contributed by atoms with Crippen molar-refractivity contribution in [1.82, 2.24) is 10.2 Å². The zero-order chi connectivity index (χ0) is 17.6. The minimum absolute atomic E-state index is 0.0943. The van der Waals surface area contributed by atoms with Crippen LogP contribution in [0.4, 0.5) is 14.9 Å². The number of halogens is 1. The average molecular weight is 338 g/mol. The quantitative estimate of drug-likeness (QED) is 0.936. The van der Waals surface area contributed by atoms with Gasteiger partial charge < -0.3 is 15.1 Å². The molecule has 5 nitrogen and oxygen atoms in total. The third-order valence-corrected chi connectivity index (χ3v) is 4.29. The van der Waals surface area contributed by atoms with Crippen molar-refractivity contribution in [1.29, 1.82) is 5.26 Å². The van der Waals surface area contributed by atoms with E-state index in [0.717, 1.165) is 24.3 Å². The van der Waals surface area contributed by atoms with Crippen LogP contribution in [0.5, 0.6) is 0 Å². The first kappa shape index (κ1) is 16.8. The van der Waals surface area contributed by atoms with Gasteiger partial charge in [0, 0.05) is 38.4 Å². The van der Waals surface area contributed by atoms with E-state index in [0.29, 0.717) is 25.2 Å². The van der Waals surface area contributed by atoms with Crippen LogP contribution in [-0.2, 0) is 6.54 Å². The maximum Gasteiger partial charge on any atom is 0.317 e. The van der Waals surface area contributed by atoms with Crippen molar-refractivity contribution in [2.24, 2.45) is 0 Å². The van der Waals surface area contributed by atoms with E-state index < -0.39 is 0 Å². The number of urea groups is 1. The molecule has 0 radical (unpaired) electrons. The van der Waals surface area contributed by atoms with Gasteiger partial charge >= 0.3 is 6.03 Å². The van der Waals surface area contributed by atoms with Crippen LogP contribution < -0.4 is 10.2 Å². The number of amides is 2. The molecule has 0 spiro atoms. The molecule has 0 saturated carbocycles. The lowest BCUT2D eigenvalue weighted by atomic mass is 10.1. The Hall–Kier alpha value is -3.07. The van der Waals surface area contributed by atoms with Crippen LogP contribution in [0.3, 0.4) is 0 Å². The lowest BCUT2D eigenvalue weighted by Gasteiger charge is -2.36. The Morgan fingerprint density at radius 3 is 2.28 bits per heavy atom. The second-order valence-electron chi connectivity index (χ2n) is 5.92. The van der Waals surface area contributed by atoms with Gasteiger partial charge in [-0.3, -0.25) is 0 Å². The van der Waals surface area contributed by atoms with Gasteiger partial charge in [-0.05, 0) is 42.0 Å². The molecule has 3 rings (SSSR count). The highest BCUT2D eigenvalue weighted by Gasteiger charge is 2.21. The van der Waals surface area contributed by atoms with Crippen LogP contribution in [-0.4, -0.2) is 37.1 Å². The number of piperazine rings is 1. The van der Waals surface area contributed by atoms with E-state index in [1.54, 1.807) is 29.2 Å². The van der Waals surface area contributed by atoms with Gasteiger partial charge in [-0.25, -0.2) is 9.18 Å². The van der Waals surface area contributed by atoms with Gasteiger partial charge in [0.25, 0.3) is 0 Å². The van der Waals surface area contributed by atoms with Gasteiger partial charge in [-0.15, -0.1) is 0 Å². The second-order valence-corrected chi connectivity index (χ2v) is 5.92. The Morgan fingerprint density at radius 2 is 1.68 bits per heavy atom. The van der Waals surface area contributed by atoms with E-state index in [1.807, 2.05) is 12.1 Å². The Balaban J connectivity index is 1.48. The molecule has 0 bridgehead atoms. The number of benzene rings is 2. The Kier molecular flexibility index (Phi) is 5.14. The Morgan fingerprint density at radius 1 is 1.04 bits per heavy atom. The fourth-order valence-electron chi connectivity index (χ4n) is 2.81. The number of hydrogen-bond acceptors (Lipinski definition) is 3. The molecule has 0 aromatic heterocycles. The summed E-state index contributed by atoms with van der Waals surface area (Å²) in [6.07, 6.45) is 0. The average Bonchev–Trinajstić information content (AvgIpc) is 2.67. The highest BCUT2D eigenvalue weighted by molar-refractivity contribution is 5.74. The van der Waals surface area contributed by atoms with Crippen LogP contribution in [0.25, 0.3) is 0 Å². The summed E-state index contributed by atoms with van der Waals surface area (Å²) < 4.78 is 13.0. The van der Waals surface area contributed by atoms with Gasteiger partial charge in [0.1, 0.15) is 5.82 Å². The molecule has 25 heavy (non-hydrogen) atoms. The van der Waals surface area contributed by atoms with Crippen molar-refractivity contribution in [2.45, 2.75) is 6.54 Å². The van der Waals surface area contributed by atoms with Crippen molar-refractivity contribution in [2.75, 3.05) is 31.1 Å². The molecule has 1 heterocycles. The van der Waals surface area contributed by atoms with E-state index in [4.69, 9.17) is 5.26 Å². The van der Waals surface area contributed by atoms with Crippen LogP contribution >= 0.6 is 0 Å². The molecule has 2 aromatic carbocycles. The standard InChI is InChI=1S/C19H19FN4O/c20-17-5-7-18(8-6-17)23-9-11-24(12-10-23)19(25)22-14-16-3-1-15(13-21)2-4-16/h1-8H,9-12,14H2,(H,22,25). The number of hydrogen-bond donors (Lipinski definition) is 1. The summed E-state index contributed by atoms with van der Waals surface area (Å²) in [6.45, 7) is 3.11. The summed E-state index contributed by atoms with van der Waals surface area (Å²) in [7, 11) is 0. The van der Waals surface area contributed by atoms with Crippen molar-refractivity contribution < 1.29 is 9.18 Å². The van der Waals surface area contributed by atoms with Crippen molar-refractivity contribution in [3.8, 4) is 6.07 Å². The molecule has 1 aliphatic heterocycles. The first-order valence-electron chi connectivity index (χ1n) is 8.18. The highest BCUT2D eigenvalue weighted by atomic mass is 19.1. The number of rotatable bonds is 3. The minimum Gasteiger partial charge on any atom is -0.368 e. The highest BCUT2D eigenvalue weighted by Crippen LogP contribution is 2.17. The summed E-state index contributed by atoms with van der Waals surface area (Å²) in [6, 6.07) is 15.6. The minimum atomic E-state index is -0.246. The van der Waals surface area contributed by atoms with Crippen LogP contribution in [0.1, 0.15) is 11.1 Å². The monoisotopic (exact) mass is 338 g/mol. The topological polar surface area (TPSA) is 59.4 Å². The number of carbonyl (C=O) groups is 1. The first-order chi connectivity index (χ1) is 12.2. The predicted octanol–water partition coefficient (Wildman–Crippen LogP) is 2.73. The van der Waals surface area contributed by atoms with E-state index >= 15 is 0 Å². The number of nitrogens with one attached hydrogen (secondary N) is 1. The van der Waals surface area contributed by atoms with Gasteiger partial charge in [0.05, 0.1) is 11.6 Å². The van der Waals surface area contributed by atoms with Gasteiger partial charge in [-0.1, -0.05) is 12.1 Å². The molecule has 0 aliphatic carbocycles. The molecule has 1 N–H and O–H groups in total. The zero-order valence-corrected chi connectivity index (χ0v) is 13.8. The van der Waals surface area contributed by atoms with E-state index in [2.05, 4.69) is 16.3 Å². The van der Waals surface area contributed by atoms with Crippen molar-refractivity contribution in [3.63, 3.8) is 0 Å². The molecule has 2 amide bonds. The molecular formula is C19H19FN4O. The van der Waals surface area contributed by atoms with Crippen LogP contribution in [0.15, 0.2) is 48.5 Å². The van der Waals surface area contributed by atoms with Gasteiger partial charge in [0.2, 0.25) is 0 Å². The maximum absolute atomic E-state index is 13.0. The van der Waals surface area contributed by atoms with Gasteiger partial charge in [-0.2, -0.15) is 5.26 Å². The van der Waals surface area contributed by atoms with Crippen molar-refractivity contribution in [3.05, 3.63) is 65.5 Å². The van der Waals surface area contributed by atoms with Crippen LogP contribution in [0, 0.1) is 17.1 Å². The molecule has 6 heteroatoms. The number of anilines is 1. The predicted molar refractivity (Wildman–Crippen MR) is 93.6 cm³/mol. The summed E-state index contributed by atoms with van der Waals surface area (Å²) in [5.41, 5.74) is 2.53. The molecular weight excluding hydrogens is 319 g/mol. The second kappa shape index (κ2) is 7.67. The smallest absolute Gasteiger partial charge is 0.317 e. The Labute approximate surface area is 146 Å². The summed E-state index contributed by atoms with van der Waals surface area (Å²) in [5.74, 6) is -0.246. The lowest BCUT2D eigenvalue weighted by molar-refractivity contribution is 0.194. The summed E-state index contributed by atoms with van der Waals surface area (Å²) >= 11 is 0. The molecule has 0 unspecified atom stereocenters. The fourth-order valence-corrected chi connectivity index (χ4v) is 2.81. The molecule has 1 saturated heterocycles. The van der Waals surface area contributed by atoms with Crippen LogP contribution in [0.2, 0.25) is 0 Å². The lowest BCUT2D eigenvalue weighted by Crippen LogP contribution is -2.51. The third kappa shape index (κ3) is 4.27. The van der Waals surface area contributed by atoms with E-state index in [-0.39, 0.29) is 11.8 Å². The van der Waals surface area contributed by atoms with E-state index in [9.17, 15) is 9.18 Å². The third-order valence-electron chi connectivity index (χ3n) is 4.29. The largest absolute Gasteiger partial charge is 0.368 e. The molecule has 128 valence electrons. The first-order valence-corrected chi connectivity index (χ1v) is 8.18. The summed E-state index contributed by atoms with van der Waals surface area (Å²) in [5, 5.41) is 11.7. The molecule has 2 aromatic rings. The number of nitriles is 1. The maximum atomic E-state index is 13.0.